The molecular weight excluding hydrogens is 492 g/mol. The average molecular weight is 508 g/mol. The molecule has 0 spiro atoms. The molecule has 3 amide bonds. The van der Waals surface area contributed by atoms with Crippen molar-refractivity contribution in [3.05, 3.63) is 11.1 Å². The van der Waals surface area contributed by atoms with Crippen LogP contribution in [0.3, 0.4) is 0 Å². The number of oxime groups is 1. The normalized spacial score (nSPS) is 18.2. The maximum absolute atomic E-state index is 12.7. The van der Waals surface area contributed by atoms with Gasteiger partial charge in [0.15, 0.2) is 10.8 Å². The number of nitrogen functional groups attached to an aromatic ring is 1. The van der Waals surface area contributed by atoms with Gasteiger partial charge in [0, 0.05) is 5.38 Å². The number of carboxylic acids is 1. The number of carboxylic acid groups (broad SMARTS) is 1. The summed E-state index contributed by atoms with van der Waals surface area (Å²) in [6, 6.07) is -3.15. The second-order valence-electron chi connectivity index (χ2n) is 5.99. The van der Waals surface area contributed by atoms with E-state index >= 15 is 0 Å². The van der Waals surface area contributed by atoms with Crippen LogP contribution in [0.4, 0.5) is 5.13 Å². The molecule has 1 saturated heterocycles. The number of nitrogens with two attached hydrogens (primary N) is 1. The second kappa shape index (κ2) is 10.7. The Morgan fingerprint density at radius 2 is 2.09 bits per heavy atom. The van der Waals surface area contributed by atoms with Gasteiger partial charge in [-0.15, -0.1) is 11.3 Å². The molecule has 2 heterocycles. The standard InChI is InChI=1S/C14H16N6O11S2/c15-14-17-6(4-32-14)10(19-31-3-8(22)23)12(25)18-11-7(2-30-9(24)1-16-5-21)20(13(11)26)33(27,28)29/h4-5,7,11H,1-3H2,(H2,15,17)(H,16,21)(H,18,25)(H,22,23)(H,27,28,29)/b19-10+/t7-,11+/m1/s1. The van der Waals surface area contributed by atoms with Crippen LogP contribution in [0.5, 0.6) is 0 Å². The number of esters is 1. The van der Waals surface area contributed by atoms with Crippen LogP contribution in [-0.2, 0) is 43.9 Å². The predicted octanol–water partition coefficient (Wildman–Crippen LogP) is -3.68. The van der Waals surface area contributed by atoms with E-state index in [4.69, 9.17) is 15.6 Å². The summed E-state index contributed by atoms with van der Waals surface area (Å²) in [5.41, 5.74) is 4.77. The lowest BCUT2D eigenvalue weighted by molar-refractivity contribution is -0.155. The number of thiazole rings is 1. The fourth-order valence-electron chi connectivity index (χ4n) is 2.44. The molecule has 0 unspecified atom stereocenters. The van der Waals surface area contributed by atoms with Crippen LogP contribution in [-0.4, -0.2) is 95.1 Å². The fraction of sp³-hybridized carbons (Fsp3) is 0.357. The zero-order valence-electron chi connectivity index (χ0n) is 16.2. The van der Waals surface area contributed by atoms with Crippen LogP contribution in [0.15, 0.2) is 10.5 Å². The molecule has 0 radical (unpaired) electrons. The van der Waals surface area contributed by atoms with Gasteiger partial charge in [0.2, 0.25) is 13.0 Å². The van der Waals surface area contributed by atoms with E-state index in [-0.39, 0.29) is 21.5 Å². The summed E-state index contributed by atoms with van der Waals surface area (Å²) in [6.45, 7) is -2.25. The minimum Gasteiger partial charge on any atom is -0.479 e. The average Bonchev–Trinajstić information content (AvgIpc) is 3.14. The molecule has 19 heteroatoms. The molecule has 0 saturated carbocycles. The van der Waals surface area contributed by atoms with Gasteiger partial charge in [-0.3, -0.25) is 23.7 Å². The van der Waals surface area contributed by atoms with Gasteiger partial charge in [0.05, 0.1) is 0 Å². The van der Waals surface area contributed by atoms with Gasteiger partial charge in [0.25, 0.3) is 11.8 Å². The number of carbonyl (C=O) groups is 5. The molecule has 0 bridgehead atoms. The molecule has 0 aliphatic carbocycles. The topological polar surface area (TPSA) is 257 Å². The van der Waals surface area contributed by atoms with E-state index in [2.05, 4.69) is 20.3 Å². The number of β-lactam (4-membered cyclic amide) rings is 1. The van der Waals surface area contributed by atoms with E-state index in [1.165, 1.54) is 5.38 Å². The van der Waals surface area contributed by atoms with Gasteiger partial charge in [-0.2, -0.15) is 8.42 Å². The molecule has 2 atom stereocenters. The number of aromatic nitrogens is 1. The first-order valence-electron chi connectivity index (χ1n) is 8.53. The van der Waals surface area contributed by atoms with Gasteiger partial charge in [-0.05, 0) is 0 Å². The van der Waals surface area contributed by atoms with Crippen LogP contribution in [0, 0.1) is 0 Å². The SMILES string of the molecule is Nc1nc(/C(=N\OCC(=O)O)C(=O)N[C@@H]2C(=O)N(S(=O)(=O)O)[C@@H]2COC(=O)CNC=O)cs1. The third-order valence-electron chi connectivity index (χ3n) is 3.77. The minimum atomic E-state index is -5.07. The highest BCUT2D eigenvalue weighted by molar-refractivity contribution is 7.84. The van der Waals surface area contributed by atoms with E-state index < -0.39 is 71.6 Å². The molecule has 1 fully saturated rings. The number of hydrogen-bond acceptors (Lipinski definition) is 13. The van der Waals surface area contributed by atoms with Crippen molar-refractivity contribution in [3.63, 3.8) is 0 Å². The monoisotopic (exact) mass is 508 g/mol. The molecule has 0 aromatic carbocycles. The Morgan fingerprint density at radius 3 is 2.64 bits per heavy atom. The summed E-state index contributed by atoms with van der Waals surface area (Å²) in [6.07, 6.45) is 0.208. The Kier molecular flexibility index (Phi) is 8.21. The first-order valence-corrected chi connectivity index (χ1v) is 10.8. The van der Waals surface area contributed by atoms with Gasteiger partial charge in [-0.1, -0.05) is 5.16 Å². The highest BCUT2D eigenvalue weighted by Crippen LogP contribution is 2.24. The first kappa shape index (κ1) is 25.4. The molecule has 33 heavy (non-hydrogen) atoms. The van der Waals surface area contributed by atoms with Gasteiger partial charge in [-0.25, -0.2) is 14.1 Å². The number of ether oxygens (including phenoxy) is 1. The van der Waals surface area contributed by atoms with Crippen molar-refractivity contribution in [2.45, 2.75) is 12.1 Å². The number of nitrogens with one attached hydrogen (secondary N) is 2. The molecule has 17 nitrogen and oxygen atoms in total. The Bertz CT molecular complexity index is 1090. The third kappa shape index (κ3) is 6.57. The quantitative estimate of drug-likeness (QED) is 0.0455. The van der Waals surface area contributed by atoms with Crippen molar-refractivity contribution in [1.82, 2.24) is 19.9 Å². The fourth-order valence-corrected chi connectivity index (χ4v) is 3.86. The van der Waals surface area contributed by atoms with Crippen LogP contribution < -0.4 is 16.4 Å². The van der Waals surface area contributed by atoms with Crippen LogP contribution in [0.25, 0.3) is 0 Å². The van der Waals surface area contributed by atoms with Crippen molar-refractivity contribution in [2.75, 3.05) is 25.5 Å². The van der Waals surface area contributed by atoms with Crippen molar-refractivity contribution in [1.29, 1.82) is 0 Å². The second-order valence-corrected chi connectivity index (χ2v) is 8.17. The largest absolute Gasteiger partial charge is 0.479 e. The van der Waals surface area contributed by atoms with E-state index in [0.29, 0.717) is 0 Å². The molecule has 1 aromatic heterocycles. The first-order chi connectivity index (χ1) is 15.5. The number of rotatable bonds is 12. The van der Waals surface area contributed by atoms with Crippen LogP contribution >= 0.6 is 11.3 Å². The van der Waals surface area contributed by atoms with Crippen LogP contribution in [0.2, 0.25) is 0 Å². The summed E-state index contributed by atoms with van der Waals surface area (Å²) < 4.78 is 36.9. The van der Waals surface area contributed by atoms with E-state index in [1.54, 1.807) is 0 Å². The number of carbonyl (C=O) groups excluding carboxylic acids is 4. The lowest BCUT2D eigenvalue weighted by Crippen LogP contribution is -2.73. The van der Waals surface area contributed by atoms with Crippen molar-refractivity contribution in [2.24, 2.45) is 5.16 Å². The van der Waals surface area contributed by atoms with E-state index in [0.717, 1.165) is 11.3 Å². The number of aliphatic carboxylic acids is 1. The molecular formula is C14H16N6O11S2. The third-order valence-corrected chi connectivity index (χ3v) is 5.39. The Labute approximate surface area is 188 Å². The number of nitrogens with zero attached hydrogens (tertiary/aromatic N) is 3. The summed E-state index contributed by atoms with van der Waals surface area (Å²) in [5, 5.41) is 17.5. The molecule has 6 N–H and O–H groups in total. The lowest BCUT2D eigenvalue weighted by atomic mass is 9.99. The molecule has 1 aliphatic rings. The highest BCUT2D eigenvalue weighted by atomic mass is 32.2. The summed E-state index contributed by atoms with van der Waals surface area (Å²) in [5.74, 6) is -4.80. The van der Waals surface area contributed by atoms with Gasteiger partial charge in [0.1, 0.15) is 30.9 Å². The number of amides is 3. The molecule has 180 valence electrons. The Hall–Kier alpha value is -3.84. The minimum absolute atomic E-state index is 0.0169. The number of hydrogen-bond donors (Lipinski definition) is 5. The zero-order valence-corrected chi connectivity index (χ0v) is 17.9. The maximum atomic E-state index is 12.7. The lowest BCUT2D eigenvalue weighted by Gasteiger charge is -2.43. The smallest absolute Gasteiger partial charge is 0.362 e. The van der Waals surface area contributed by atoms with E-state index in [1.807, 2.05) is 5.32 Å². The Balaban J connectivity index is 2.21. The molecule has 2 rings (SSSR count). The zero-order chi connectivity index (χ0) is 24.8. The molecule has 1 aliphatic heterocycles. The molecule has 1 aromatic rings. The van der Waals surface area contributed by atoms with Crippen molar-refractivity contribution < 1.29 is 51.6 Å². The van der Waals surface area contributed by atoms with Crippen molar-refractivity contribution in [3.8, 4) is 0 Å². The predicted molar refractivity (Wildman–Crippen MR) is 106 cm³/mol. The van der Waals surface area contributed by atoms with Gasteiger partial charge < -0.3 is 31.0 Å². The van der Waals surface area contributed by atoms with Gasteiger partial charge >= 0.3 is 22.2 Å². The number of anilines is 1. The summed E-state index contributed by atoms with van der Waals surface area (Å²) in [4.78, 5) is 65.6. The van der Waals surface area contributed by atoms with E-state index in [9.17, 15) is 36.9 Å². The Morgan fingerprint density at radius 1 is 1.39 bits per heavy atom. The summed E-state index contributed by atoms with van der Waals surface area (Å²) in [7, 11) is -5.07. The van der Waals surface area contributed by atoms with Crippen molar-refractivity contribution >= 4 is 62.6 Å². The van der Waals surface area contributed by atoms with Crippen LogP contribution in [0.1, 0.15) is 5.69 Å². The maximum Gasteiger partial charge on any atom is 0.362 e. The highest BCUT2D eigenvalue weighted by Gasteiger charge is 2.54. The summed E-state index contributed by atoms with van der Waals surface area (Å²) >= 11 is 0.909.